The number of carboxylic acid groups (broad SMARTS) is 1. The molecule has 2 amide bonds. The van der Waals surface area contributed by atoms with Gasteiger partial charge in [-0.2, -0.15) is 0 Å². The van der Waals surface area contributed by atoms with Crippen molar-refractivity contribution in [1.82, 2.24) is 10.2 Å². The van der Waals surface area contributed by atoms with Crippen molar-refractivity contribution >= 4 is 12.0 Å². The average molecular weight is 270 g/mol. The van der Waals surface area contributed by atoms with E-state index in [1.807, 2.05) is 20.8 Å². The van der Waals surface area contributed by atoms with E-state index in [0.29, 0.717) is 19.4 Å². The van der Waals surface area contributed by atoms with Crippen LogP contribution in [0.15, 0.2) is 0 Å². The molecule has 0 aromatic rings. The lowest BCUT2D eigenvalue weighted by atomic mass is 9.82. The van der Waals surface area contributed by atoms with Gasteiger partial charge in [-0.1, -0.05) is 26.2 Å². The van der Waals surface area contributed by atoms with Crippen LogP contribution in [0, 0.1) is 0 Å². The number of amides is 2. The van der Waals surface area contributed by atoms with E-state index in [4.69, 9.17) is 0 Å². The first-order valence-corrected chi connectivity index (χ1v) is 7.25. The van der Waals surface area contributed by atoms with Crippen LogP contribution in [-0.2, 0) is 4.79 Å². The fourth-order valence-electron chi connectivity index (χ4n) is 2.66. The van der Waals surface area contributed by atoms with Gasteiger partial charge in [-0.25, -0.2) is 9.59 Å². The molecule has 1 fully saturated rings. The quantitative estimate of drug-likeness (QED) is 0.806. The fourth-order valence-corrected chi connectivity index (χ4v) is 2.66. The van der Waals surface area contributed by atoms with Gasteiger partial charge in [-0.3, -0.25) is 0 Å². The third kappa shape index (κ3) is 3.85. The molecule has 2 N–H and O–H groups in total. The minimum atomic E-state index is -1.06. The maximum absolute atomic E-state index is 12.3. The van der Waals surface area contributed by atoms with E-state index in [0.717, 1.165) is 25.7 Å². The Morgan fingerprint density at radius 2 is 1.84 bits per heavy atom. The molecule has 1 aliphatic rings. The zero-order chi connectivity index (χ0) is 14.5. The molecule has 0 aliphatic heterocycles. The highest BCUT2D eigenvalue weighted by Crippen LogP contribution is 2.28. The number of urea groups is 1. The van der Waals surface area contributed by atoms with Crippen molar-refractivity contribution in [3.05, 3.63) is 0 Å². The molecule has 5 heteroatoms. The average Bonchev–Trinajstić information content (AvgIpc) is 2.36. The van der Waals surface area contributed by atoms with Crippen molar-refractivity contribution in [3.8, 4) is 0 Å². The van der Waals surface area contributed by atoms with Crippen LogP contribution in [0.4, 0.5) is 4.79 Å². The first-order valence-electron chi connectivity index (χ1n) is 7.25. The Labute approximate surface area is 115 Å². The SMILES string of the molecule is CCCN(C(=O)NC1(C(=O)O)CCCCC1)C(C)C. The standard InChI is InChI=1S/C14H26N2O3/c1-4-10-16(11(2)3)13(19)15-14(12(17)18)8-6-5-7-9-14/h11H,4-10H2,1-3H3,(H,15,19)(H,17,18). The highest BCUT2D eigenvalue weighted by atomic mass is 16.4. The van der Waals surface area contributed by atoms with E-state index < -0.39 is 11.5 Å². The molecule has 0 unspecified atom stereocenters. The fraction of sp³-hybridized carbons (Fsp3) is 0.857. The third-order valence-corrected chi connectivity index (χ3v) is 3.81. The first kappa shape index (κ1) is 15.8. The van der Waals surface area contributed by atoms with E-state index in [2.05, 4.69) is 5.32 Å². The van der Waals surface area contributed by atoms with Gasteiger partial charge >= 0.3 is 12.0 Å². The van der Waals surface area contributed by atoms with Gasteiger partial charge in [0.1, 0.15) is 5.54 Å². The summed E-state index contributed by atoms with van der Waals surface area (Å²) in [6, 6.07) is -0.171. The maximum atomic E-state index is 12.3. The molecule has 0 aromatic carbocycles. The topological polar surface area (TPSA) is 69.6 Å². The van der Waals surface area contributed by atoms with Gasteiger partial charge in [0.05, 0.1) is 0 Å². The molecule has 1 saturated carbocycles. The van der Waals surface area contributed by atoms with E-state index in [1.54, 1.807) is 4.90 Å². The largest absolute Gasteiger partial charge is 0.480 e. The van der Waals surface area contributed by atoms with Gasteiger partial charge in [0, 0.05) is 12.6 Å². The molecular weight excluding hydrogens is 244 g/mol. The Hall–Kier alpha value is -1.26. The molecule has 0 bridgehead atoms. The van der Waals surface area contributed by atoms with Crippen molar-refractivity contribution in [2.24, 2.45) is 0 Å². The second-order valence-electron chi connectivity index (χ2n) is 5.67. The molecule has 0 radical (unpaired) electrons. The maximum Gasteiger partial charge on any atom is 0.329 e. The summed E-state index contributed by atoms with van der Waals surface area (Å²) < 4.78 is 0. The number of carbonyl (C=O) groups is 2. The summed E-state index contributed by atoms with van der Waals surface area (Å²) in [5, 5.41) is 12.2. The van der Waals surface area contributed by atoms with Crippen LogP contribution in [0.25, 0.3) is 0 Å². The Bertz CT molecular complexity index is 323. The van der Waals surface area contributed by atoms with Crippen molar-refractivity contribution in [1.29, 1.82) is 0 Å². The van der Waals surface area contributed by atoms with Crippen molar-refractivity contribution in [2.45, 2.75) is 70.9 Å². The van der Waals surface area contributed by atoms with Crippen molar-refractivity contribution in [3.63, 3.8) is 0 Å². The summed E-state index contributed by atoms with van der Waals surface area (Å²) in [7, 11) is 0. The number of carbonyl (C=O) groups excluding carboxylic acids is 1. The summed E-state index contributed by atoms with van der Waals surface area (Å²) >= 11 is 0. The van der Waals surface area contributed by atoms with Crippen LogP contribution in [0.3, 0.4) is 0 Å². The molecule has 0 atom stereocenters. The number of carboxylic acids is 1. The van der Waals surface area contributed by atoms with Crippen LogP contribution < -0.4 is 5.32 Å². The van der Waals surface area contributed by atoms with Crippen LogP contribution in [0.5, 0.6) is 0 Å². The van der Waals surface area contributed by atoms with Crippen molar-refractivity contribution < 1.29 is 14.7 Å². The third-order valence-electron chi connectivity index (χ3n) is 3.81. The Balaban J connectivity index is 2.78. The number of nitrogens with one attached hydrogen (secondary N) is 1. The number of rotatable bonds is 5. The molecule has 0 heterocycles. The van der Waals surface area contributed by atoms with Gasteiger partial charge in [-0.15, -0.1) is 0 Å². The summed E-state index contributed by atoms with van der Waals surface area (Å²) in [5.74, 6) is -0.902. The zero-order valence-electron chi connectivity index (χ0n) is 12.2. The Morgan fingerprint density at radius 1 is 1.26 bits per heavy atom. The van der Waals surface area contributed by atoms with Gasteiger partial charge in [0.2, 0.25) is 0 Å². The number of hydrogen-bond donors (Lipinski definition) is 2. The lowest BCUT2D eigenvalue weighted by Gasteiger charge is -2.37. The van der Waals surface area contributed by atoms with Crippen LogP contribution in [0.2, 0.25) is 0 Å². The number of aliphatic carboxylic acids is 1. The van der Waals surface area contributed by atoms with E-state index in [-0.39, 0.29) is 12.1 Å². The molecule has 0 aromatic heterocycles. The molecule has 1 rings (SSSR count). The second kappa shape index (κ2) is 6.78. The predicted octanol–water partition coefficient (Wildman–Crippen LogP) is 2.60. The summed E-state index contributed by atoms with van der Waals surface area (Å²) in [4.78, 5) is 25.5. The van der Waals surface area contributed by atoms with E-state index in [9.17, 15) is 14.7 Å². The first-order chi connectivity index (χ1) is 8.93. The Kier molecular flexibility index (Phi) is 5.63. The molecule has 19 heavy (non-hydrogen) atoms. The second-order valence-corrected chi connectivity index (χ2v) is 5.67. The lowest BCUT2D eigenvalue weighted by molar-refractivity contribution is -0.146. The van der Waals surface area contributed by atoms with Crippen LogP contribution >= 0.6 is 0 Å². The highest BCUT2D eigenvalue weighted by Gasteiger charge is 2.41. The summed E-state index contributed by atoms with van der Waals surface area (Å²) in [5.41, 5.74) is -1.06. The molecular formula is C14H26N2O3. The van der Waals surface area contributed by atoms with Crippen molar-refractivity contribution in [2.75, 3.05) is 6.54 Å². The van der Waals surface area contributed by atoms with E-state index in [1.165, 1.54) is 0 Å². The number of hydrogen-bond acceptors (Lipinski definition) is 2. The molecule has 0 saturated heterocycles. The number of nitrogens with zero attached hydrogens (tertiary/aromatic N) is 1. The van der Waals surface area contributed by atoms with E-state index >= 15 is 0 Å². The normalized spacial score (nSPS) is 18.1. The van der Waals surface area contributed by atoms with Gasteiger partial charge < -0.3 is 15.3 Å². The zero-order valence-corrected chi connectivity index (χ0v) is 12.2. The monoisotopic (exact) mass is 270 g/mol. The minimum Gasteiger partial charge on any atom is -0.480 e. The van der Waals surface area contributed by atoms with Crippen LogP contribution in [-0.4, -0.2) is 40.1 Å². The molecule has 5 nitrogen and oxygen atoms in total. The smallest absolute Gasteiger partial charge is 0.329 e. The van der Waals surface area contributed by atoms with Gasteiger partial charge in [0.25, 0.3) is 0 Å². The lowest BCUT2D eigenvalue weighted by Crippen LogP contribution is -2.59. The molecule has 1 aliphatic carbocycles. The highest BCUT2D eigenvalue weighted by molar-refractivity contribution is 5.86. The predicted molar refractivity (Wildman–Crippen MR) is 74.1 cm³/mol. The molecule has 0 spiro atoms. The van der Waals surface area contributed by atoms with Crippen LogP contribution in [0.1, 0.15) is 59.3 Å². The molecule has 110 valence electrons. The summed E-state index contributed by atoms with van der Waals surface area (Å²) in [6.45, 7) is 6.56. The van der Waals surface area contributed by atoms with Gasteiger partial charge in [-0.05, 0) is 33.1 Å². The Morgan fingerprint density at radius 3 is 2.26 bits per heavy atom. The summed E-state index contributed by atoms with van der Waals surface area (Å²) in [6.07, 6.45) is 4.71. The minimum absolute atomic E-state index is 0.0781. The van der Waals surface area contributed by atoms with Gasteiger partial charge in [0.15, 0.2) is 0 Å².